The van der Waals surface area contributed by atoms with E-state index in [1.165, 1.54) is 36.3 Å². The van der Waals surface area contributed by atoms with Crippen LogP contribution in [-0.2, 0) is 19.4 Å². The third kappa shape index (κ3) is 3.18. The summed E-state index contributed by atoms with van der Waals surface area (Å²) < 4.78 is 0. The number of piperidine rings is 1. The first-order chi connectivity index (χ1) is 13.2. The van der Waals surface area contributed by atoms with Crippen LogP contribution in [-0.4, -0.2) is 52.1 Å². The number of H-pyrrole nitrogens is 1. The number of nitrogens with one attached hydrogen (secondary N) is 1. The first kappa shape index (κ1) is 17.0. The average Bonchev–Trinajstić information content (AvgIpc) is 3.39. The van der Waals surface area contributed by atoms with Crippen molar-refractivity contribution in [2.75, 3.05) is 26.2 Å². The summed E-state index contributed by atoms with van der Waals surface area (Å²) in [6, 6.07) is 10.8. The fourth-order valence-electron chi connectivity index (χ4n) is 5.24. The standard InChI is InChI=1S/C22H28N4O/c27-21(20-18-7-4-8-19(18)23-24-20)26-13-10-22(11-14-26)9-12-25(16-22)15-17-5-2-1-3-6-17/h1-3,5-6H,4,7-16H2,(H,23,24). The van der Waals surface area contributed by atoms with Gasteiger partial charge in [-0.1, -0.05) is 30.3 Å². The summed E-state index contributed by atoms with van der Waals surface area (Å²) in [5.74, 6) is 0.142. The third-order valence-electron chi connectivity index (χ3n) is 6.89. The van der Waals surface area contributed by atoms with E-state index >= 15 is 0 Å². The highest BCUT2D eigenvalue weighted by Gasteiger charge is 2.41. The number of carbonyl (C=O) groups excluding carboxylic acids is 1. The van der Waals surface area contributed by atoms with Gasteiger partial charge >= 0.3 is 0 Å². The van der Waals surface area contributed by atoms with Crippen molar-refractivity contribution < 1.29 is 4.79 Å². The Morgan fingerprint density at radius 1 is 1.07 bits per heavy atom. The molecule has 1 aliphatic carbocycles. The van der Waals surface area contributed by atoms with E-state index in [4.69, 9.17) is 0 Å². The first-order valence-corrected chi connectivity index (χ1v) is 10.3. The van der Waals surface area contributed by atoms with Gasteiger partial charge in [-0.2, -0.15) is 5.10 Å². The molecule has 5 heteroatoms. The molecule has 1 spiro atoms. The zero-order chi connectivity index (χ0) is 18.3. The van der Waals surface area contributed by atoms with E-state index in [1.807, 2.05) is 4.90 Å². The van der Waals surface area contributed by atoms with Crippen LogP contribution in [0.25, 0.3) is 0 Å². The van der Waals surface area contributed by atoms with Crippen LogP contribution >= 0.6 is 0 Å². The second kappa shape index (κ2) is 6.79. The average molecular weight is 364 g/mol. The highest BCUT2D eigenvalue weighted by Crippen LogP contribution is 2.41. The van der Waals surface area contributed by atoms with Crippen LogP contribution in [0.5, 0.6) is 0 Å². The summed E-state index contributed by atoms with van der Waals surface area (Å²) in [5.41, 5.74) is 4.85. The van der Waals surface area contributed by atoms with Crippen molar-refractivity contribution in [3.8, 4) is 0 Å². The quantitative estimate of drug-likeness (QED) is 0.911. The summed E-state index contributed by atoms with van der Waals surface area (Å²) in [6.07, 6.45) is 6.69. The molecule has 2 aliphatic heterocycles. The Bertz CT molecular complexity index is 820. The van der Waals surface area contributed by atoms with Crippen LogP contribution in [0.15, 0.2) is 30.3 Å². The van der Waals surface area contributed by atoms with Crippen molar-refractivity contribution in [3.63, 3.8) is 0 Å². The molecule has 0 radical (unpaired) electrons. The third-order valence-corrected chi connectivity index (χ3v) is 6.89. The molecule has 0 bridgehead atoms. The molecular formula is C22H28N4O. The fourth-order valence-corrected chi connectivity index (χ4v) is 5.24. The van der Waals surface area contributed by atoms with Crippen molar-refractivity contribution in [2.45, 2.75) is 45.1 Å². The maximum atomic E-state index is 13.0. The second-order valence-electron chi connectivity index (χ2n) is 8.62. The molecule has 1 aromatic heterocycles. The van der Waals surface area contributed by atoms with Crippen LogP contribution in [0.2, 0.25) is 0 Å². The van der Waals surface area contributed by atoms with E-state index < -0.39 is 0 Å². The number of likely N-dealkylation sites (tertiary alicyclic amines) is 2. The van der Waals surface area contributed by atoms with Gasteiger partial charge in [0.25, 0.3) is 5.91 Å². The molecule has 27 heavy (non-hydrogen) atoms. The minimum atomic E-state index is 0.142. The molecule has 1 N–H and O–H groups in total. The van der Waals surface area contributed by atoms with Crippen LogP contribution in [0.1, 0.15) is 53.0 Å². The van der Waals surface area contributed by atoms with Crippen LogP contribution < -0.4 is 0 Å². The fraction of sp³-hybridized carbons (Fsp3) is 0.545. The predicted molar refractivity (Wildman–Crippen MR) is 105 cm³/mol. The van der Waals surface area contributed by atoms with Gasteiger partial charge in [-0.15, -0.1) is 0 Å². The number of aromatic nitrogens is 2. The molecule has 3 aliphatic rings. The molecular weight excluding hydrogens is 336 g/mol. The Morgan fingerprint density at radius 2 is 1.85 bits per heavy atom. The van der Waals surface area contributed by atoms with Gasteiger partial charge in [-0.3, -0.25) is 14.8 Å². The smallest absolute Gasteiger partial charge is 0.274 e. The molecule has 5 nitrogen and oxygen atoms in total. The molecule has 0 atom stereocenters. The van der Waals surface area contributed by atoms with Gasteiger partial charge in [0.15, 0.2) is 5.69 Å². The summed E-state index contributed by atoms with van der Waals surface area (Å²) in [5, 5.41) is 7.42. The molecule has 2 fully saturated rings. The monoisotopic (exact) mass is 364 g/mol. The van der Waals surface area contributed by atoms with Crippen molar-refractivity contribution in [1.82, 2.24) is 20.0 Å². The van der Waals surface area contributed by atoms with Crippen molar-refractivity contribution >= 4 is 5.91 Å². The van der Waals surface area contributed by atoms with Gasteiger partial charge in [0.05, 0.1) is 0 Å². The Balaban J connectivity index is 1.20. The lowest BCUT2D eigenvalue weighted by atomic mass is 9.77. The van der Waals surface area contributed by atoms with Gasteiger partial charge < -0.3 is 4.90 Å². The molecule has 5 rings (SSSR count). The zero-order valence-corrected chi connectivity index (χ0v) is 15.9. The Hall–Kier alpha value is -2.14. The van der Waals surface area contributed by atoms with E-state index in [0.717, 1.165) is 51.7 Å². The minimum absolute atomic E-state index is 0.142. The number of aryl methyl sites for hydroxylation is 1. The number of benzene rings is 1. The Kier molecular flexibility index (Phi) is 4.27. The molecule has 142 valence electrons. The number of hydrogen-bond acceptors (Lipinski definition) is 3. The summed E-state index contributed by atoms with van der Waals surface area (Å²) in [6.45, 7) is 5.14. The molecule has 0 saturated carbocycles. The SMILES string of the molecule is O=C(c1n[nH]c2c1CCC2)N1CCC2(CCN(Cc3ccccc3)C2)CC1. The summed E-state index contributed by atoms with van der Waals surface area (Å²) in [4.78, 5) is 17.6. The molecule has 2 aromatic rings. The van der Waals surface area contributed by atoms with Gasteiger partial charge in [0.2, 0.25) is 0 Å². The molecule has 3 heterocycles. The zero-order valence-electron chi connectivity index (χ0n) is 15.9. The lowest BCUT2D eigenvalue weighted by Gasteiger charge is -2.39. The number of hydrogen-bond donors (Lipinski definition) is 1. The first-order valence-electron chi connectivity index (χ1n) is 10.3. The molecule has 2 saturated heterocycles. The van der Waals surface area contributed by atoms with Gasteiger partial charge in [-0.05, 0) is 56.0 Å². The molecule has 1 amide bonds. The van der Waals surface area contributed by atoms with Gasteiger partial charge in [0, 0.05) is 37.4 Å². The summed E-state index contributed by atoms with van der Waals surface area (Å²) in [7, 11) is 0. The van der Waals surface area contributed by atoms with Crippen molar-refractivity contribution in [1.29, 1.82) is 0 Å². The molecule has 1 aromatic carbocycles. The Labute approximate surface area is 160 Å². The van der Waals surface area contributed by atoms with Crippen LogP contribution in [0, 0.1) is 5.41 Å². The van der Waals surface area contributed by atoms with Crippen molar-refractivity contribution in [3.05, 3.63) is 52.8 Å². The predicted octanol–water partition coefficient (Wildman–Crippen LogP) is 3.03. The van der Waals surface area contributed by atoms with Crippen LogP contribution in [0.4, 0.5) is 0 Å². The lowest BCUT2D eigenvalue weighted by molar-refractivity contribution is 0.0581. The van der Waals surface area contributed by atoms with E-state index in [-0.39, 0.29) is 5.91 Å². The van der Waals surface area contributed by atoms with Crippen molar-refractivity contribution in [2.24, 2.45) is 5.41 Å². The van der Waals surface area contributed by atoms with Crippen LogP contribution in [0.3, 0.4) is 0 Å². The van der Waals surface area contributed by atoms with Gasteiger partial charge in [0.1, 0.15) is 0 Å². The number of fused-ring (bicyclic) bond motifs is 1. The topological polar surface area (TPSA) is 52.2 Å². The highest BCUT2D eigenvalue weighted by molar-refractivity contribution is 5.94. The van der Waals surface area contributed by atoms with E-state index in [2.05, 4.69) is 45.4 Å². The normalized spacial score (nSPS) is 21.7. The number of amides is 1. The number of carbonyl (C=O) groups is 1. The number of rotatable bonds is 3. The highest BCUT2D eigenvalue weighted by atomic mass is 16.2. The molecule has 0 unspecified atom stereocenters. The summed E-state index contributed by atoms with van der Waals surface area (Å²) >= 11 is 0. The number of aromatic amines is 1. The Morgan fingerprint density at radius 3 is 2.67 bits per heavy atom. The van der Waals surface area contributed by atoms with E-state index in [1.54, 1.807) is 0 Å². The second-order valence-corrected chi connectivity index (χ2v) is 8.62. The maximum absolute atomic E-state index is 13.0. The minimum Gasteiger partial charge on any atom is -0.337 e. The van der Waals surface area contributed by atoms with E-state index in [9.17, 15) is 4.79 Å². The largest absolute Gasteiger partial charge is 0.337 e. The van der Waals surface area contributed by atoms with Gasteiger partial charge in [-0.25, -0.2) is 0 Å². The maximum Gasteiger partial charge on any atom is 0.274 e. The number of nitrogens with zero attached hydrogens (tertiary/aromatic N) is 3. The lowest BCUT2D eigenvalue weighted by Crippen LogP contribution is -2.44. The van der Waals surface area contributed by atoms with E-state index in [0.29, 0.717) is 11.1 Å².